The molecule has 46 heavy (non-hydrogen) atoms. The molecule has 0 radical (unpaired) electrons. The highest BCUT2D eigenvalue weighted by atomic mass is 16.5. The van der Waals surface area contributed by atoms with Crippen molar-refractivity contribution in [2.75, 3.05) is 0 Å². The van der Waals surface area contributed by atoms with E-state index in [1.807, 2.05) is 0 Å². The summed E-state index contributed by atoms with van der Waals surface area (Å²) < 4.78 is 6.98. The fourth-order valence-electron chi connectivity index (χ4n) is 8.86. The van der Waals surface area contributed by atoms with Gasteiger partial charge >= 0.3 is 0 Å². The summed E-state index contributed by atoms with van der Waals surface area (Å²) >= 11 is 0. The van der Waals surface area contributed by atoms with Crippen LogP contribution in [-0.2, 0) is 10.8 Å². The zero-order valence-electron chi connectivity index (χ0n) is 25.5. The van der Waals surface area contributed by atoms with E-state index in [-0.39, 0.29) is 5.41 Å². The fourth-order valence-corrected chi connectivity index (χ4v) is 8.86. The molecule has 0 amide bonds. The van der Waals surface area contributed by atoms with Gasteiger partial charge in [-0.1, -0.05) is 152 Å². The first-order chi connectivity index (χ1) is 22.7. The van der Waals surface area contributed by atoms with Crippen molar-refractivity contribution in [1.29, 1.82) is 0 Å². The van der Waals surface area contributed by atoms with Gasteiger partial charge in [0.2, 0.25) is 0 Å². The number of para-hydroxylation sites is 2. The lowest BCUT2D eigenvalue weighted by atomic mass is 9.65. The van der Waals surface area contributed by atoms with Gasteiger partial charge in [-0.25, -0.2) is 0 Å². The number of hydrogen-bond donors (Lipinski definition) is 0. The molecule has 1 heteroatoms. The predicted molar refractivity (Wildman–Crippen MR) is 187 cm³/mol. The third-order valence-electron chi connectivity index (χ3n) is 10.9. The van der Waals surface area contributed by atoms with Gasteiger partial charge in [0.25, 0.3) is 0 Å². The third-order valence-corrected chi connectivity index (χ3v) is 10.9. The fraction of sp³-hybridized carbons (Fsp3) is 0.0667. The minimum absolute atomic E-state index is 0.224. The van der Waals surface area contributed by atoms with Crippen LogP contribution < -0.4 is 4.74 Å². The summed E-state index contributed by atoms with van der Waals surface area (Å²) in [6.07, 6.45) is 0. The molecule has 3 aliphatic rings. The number of fused-ring (bicyclic) bond motifs is 12. The molecule has 7 aromatic carbocycles. The molecule has 216 valence electrons. The van der Waals surface area contributed by atoms with Gasteiger partial charge in [0, 0.05) is 22.1 Å². The smallest absolute Gasteiger partial charge is 0.140 e. The summed E-state index contributed by atoms with van der Waals surface area (Å²) in [6, 6.07) is 60.0. The van der Waals surface area contributed by atoms with Crippen LogP contribution in [0, 0.1) is 0 Å². The molecule has 0 bridgehead atoms. The minimum atomic E-state index is -0.470. The van der Waals surface area contributed by atoms with Gasteiger partial charge in [-0.2, -0.15) is 0 Å². The maximum atomic E-state index is 6.98. The molecule has 1 atom stereocenters. The van der Waals surface area contributed by atoms with Gasteiger partial charge in [-0.15, -0.1) is 0 Å². The van der Waals surface area contributed by atoms with Crippen LogP contribution in [0.2, 0.25) is 0 Å². The zero-order chi connectivity index (χ0) is 30.5. The highest BCUT2D eigenvalue weighted by Gasteiger charge is 2.51. The van der Waals surface area contributed by atoms with Crippen molar-refractivity contribution in [1.82, 2.24) is 0 Å². The Kier molecular flexibility index (Phi) is 5.12. The Morgan fingerprint density at radius 3 is 1.63 bits per heavy atom. The summed E-state index contributed by atoms with van der Waals surface area (Å²) in [5, 5.41) is 0. The number of benzene rings is 7. The molecule has 1 nitrogen and oxygen atoms in total. The Morgan fingerprint density at radius 2 is 0.913 bits per heavy atom. The van der Waals surface area contributed by atoms with E-state index in [9.17, 15) is 0 Å². The summed E-state index contributed by atoms with van der Waals surface area (Å²) in [6.45, 7) is 2.37. The monoisotopic (exact) mass is 586 g/mol. The van der Waals surface area contributed by atoms with E-state index in [2.05, 4.69) is 171 Å². The van der Waals surface area contributed by atoms with Crippen LogP contribution >= 0.6 is 0 Å². The Bertz CT molecular complexity index is 2320. The first-order valence-electron chi connectivity index (χ1n) is 16.1. The van der Waals surface area contributed by atoms with Crippen LogP contribution in [0.15, 0.2) is 164 Å². The molecular weight excluding hydrogens is 556 g/mol. The standard InChI is InChI=1S/C45H30O/c1-44(30-14-3-2-4-15-30)36-20-8-5-18-34(36)35-28-29(26-27-37(35)44)31-19-13-24-41-43(31)46-42-25-12-11-23-40(42)45(41)38-21-9-6-16-32(38)33-17-7-10-22-39(33)45/h2-28H,1H3. The minimum Gasteiger partial charge on any atom is -0.456 e. The van der Waals surface area contributed by atoms with E-state index in [1.165, 1.54) is 61.2 Å². The highest BCUT2D eigenvalue weighted by Crippen LogP contribution is 2.63. The largest absolute Gasteiger partial charge is 0.456 e. The molecule has 1 aliphatic heterocycles. The molecule has 0 fully saturated rings. The van der Waals surface area contributed by atoms with Crippen molar-refractivity contribution in [2.24, 2.45) is 0 Å². The van der Waals surface area contributed by atoms with Crippen LogP contribution in [0.4, 0.5) is 0 Å². The van der Waals surface area contributed by atoms with Gasteiger partial charge < -0.3 is 4.74 Å². The average Bonchev–Trinajstić information content (AvgIpc) is 3.56. The maximum Gasteiger partial charge on any atom is 0.140 e. The van der Waals surface area contributed by atoms with Crippen molar-refractivity contribution in [2.45, 2.75) is 17.8 Å². The van der Waals surface area contributed by atoms with Crippen LogP contribution in [0.3, 0.4) is 0 Å². The van der Waals surface area contributed by atoms with E-state index in [1.54, 1.807) is 0 Å². The van der Waals surface area contributed by atoms with E-state index in [0.717, 1.165) is 22.6 Å². The molecule has 0 saturated carbocycles. The van der Waals surface area contributed by atoms with Crippen molar-refractivity contribution < 1.29 is 4.74 Å². The van der Waals surface area contributed by atoms with Crippen molar-refractivity contribution in [3.63, 3.8) is 0 Å². The molecule has 1 heterocycles. The first kappa shape index (κ1) is 25.6. The second-order valence-electron chi connectivity index (χ2n) is 12.9. The lowest BCUT2D eigenvalue weighted by Crippen LogP contribution is -2.32. The normalized spacial score (nSPS) is 17.2. The third kappa shape index (κ3) is 3.10. The lowest BCUT2D eigenvalue weighted by molar-refractivity contribution is 0.438. The second-order valence-corrected chi connectivity index (χ2v) is 12.9. The Morgan fingerprint density at radius 1 is 0.391 bits per heavy atom. The number of rotatable bonds is 2. The second kappa shape index (κ2) is 9.19. The predicted octanol–water partition coefficient (Wildman–Crippen LogP) is 11.2. The first-order valence-corrected chi connectivity index (χ1v) is 16.1. The van der Waals surface area contributed by atoms with E-state index in [4.69, 9.17) is 4.74 Å². The molecule has 10 rings (SSSR count). The SMILES string of the molecule is CC1(c2ccccc2)c2ccccc2-c2cc(-c3cccc4c3Oc3ccccc3C43c4ccccc4-c4ccccc43)ccc21. The van der Waals surface area contributed by atoms with Gasteiger partial charge in [-0.3, -0.25) is 0 Å². The van der Waals surface area contributed by atoms with Gasteiger partial charge in [-0.05, 0) is 74.7 Å². The Balaban J connectivity index is 1.24. The molecule has 1 unspecified atom stereocenters. The average molecular weight is 587 g/mol. The number of ether oxygens (including phenoxy) is 1. The molecule has 0 N–H and O–H groups in total. The molecule has 7 aromatic rings. The topological polar surface area (TPSA) is 9.23 Å². The van der Waals surface area contributed by atoms with E-state index >= 15 is 0 Å². The summed E-state index contributed by atoms with van der Waals surface area (Å²) in [7, 11) is 0. The Hall–Kier alpha value is -5.66. The quantitative estimate of drug-likeness (QED) is 0.196. The molecular formula is C45H30O. The highest BCUT2D eigenvalue weighted by molar-refractivity contribution is 5.92. The molecule has 1 spiro atoms. The molecule has 0 aromatic heterocycles. The van der Waals surface area contributed by atoms with Gasteiger partial charge in [0.15, 0.2) is 0 Å². The summed E-state index contributed by atoms with van der Waals surface area (Å²) in [4.78, 5) is 0. The van der Waals surface area contributed by atoms with Crippen LogP contribution in [0.25, 0.3) is 33.4 Å². The van der Waals surface area contributed by atoms with Crippen LogP contribution in [-0.4, -0.2) is 0 Å². The lowest BCUT2D eigenvalue weighted by Gasteiger charge is -2.40. The van der Waals surface area contributed by atoms with E-state index < -0.39 is 5.41 Å². The Labute approximate surface area is 269 Å². The van der Waals surface area contributed by atoms with Gasteiger partial charge in [0.05, 0.1) is 5.41 Å². The summed E-state index contributed by atoms with van der Waals surface area (Å²) in [5.74, 6) is 1.85. The summed E-state index contributed by atoms with van der Waals surface area (Å²) in [5.41, 5.74) is 15.8. The maximum absolute atomic E-state index is 6.98. The molecule has 0 saturated heterocycles. The van der Waals surface area contributed by atoms with Crippen LogP contribution in [0.1, 0.15) is 45.9 Å². The van der Waals surface area contributed by atoms with Gasteiger partial charge in [0.1, 0.15) is 11.5 Å². The van der Waals surface area contributed by atoms with Crippen molar-refractivity contribution >= 4 is 0 Å². The molecule has 2 aliphatic carbocycles. The van der Waals surface area contributed by atoms with Crippen molar-refractivity contribution in [3.8, 4) is 44.9 Å². The zero-order valence-corrected chi connectivity index (χ0v) is 25.5. The van der Waals surface area contributed by atoms with E-state index in [0.29, 0.717) is 0 Å². The number of hydrogen-bond acceptors (Lipinski definition) is 1. The van der Waals surface area contributed by atoms with Crippen molar-refractivity contribution in [3.05, 3.63) is 203 Å². The van der Waals surface area contributed by atoms with Crippen LogP contribution in [0.5, 0.6) is 11.5 Å².